The maximum absolute atomic E-state index is 12.5. The molecule has 24 heavy (non-hydrogen) atoms. The highest BCUT2D eigenvalue weighted by atomic mass is 79.9. The number of halogens is 2. The van der Waals surface area contributed by atoms with Gasteiger partial charge in [0.05, 0.1) is 11.4 Å². The monoisotopic (exact) mass is 406 g/mol. The van der Waals surface area contributed by atoms with Crippen molar-refractivity contribution in [2.45, 2.75) is 6.92 Å². The Morgan fingerprint density at radius 1 is 1.04 bits per heavy atom. The quantitative estimate of drug-likeness (QED) is 0.637. The van der Waals surface area contributed by atoms with Crippen molar-refractivity contribution >= 4 is 61.7 Å². The number of anilines is 2. The van der Waals surface area contributed by atoms with Crippen molar-refractivity contribution in [1.29, 1.82) is 0 Å². The van der Waals surface area contributed by atoms with Crippen molar-refractivity contribution in [3.05, 3.63) is 57.7 Å². The van der Waals surface area contributed by atoms with Crippen LogP contribution in [0.3, 0.4) is 0 Å². The molecular formula is C17H12BrClN2O3. The lowest BCUT2D eigenvalue weighted by Gasteiger charge is -2.11. The van der Waals surface area contributed by atoms with Crippen LogP contribution in [0.2, 0.25) is 5.02 Å². The van der Waals surface area contributed by atoms with Gasteiger partial charge in [-0.05, 0) is 42.5 Å². The van der Waals surface area contributed by atoms with Crippen molar-refractivity contribution in [3.63, 3.8) is 0 Å². The van der Waals surface area contributed by atoms with Gasteiger partial charge in [0, 0.05) is 21.8 Å². The Hall–Kier alpha value is -2.31. The van der Waals surface area contributed by atoms with Crippen molar-refractivity contribution < 1.29 is 14.0 Å². The van der Waals surface area contributed by atoms with Crippen molar-refractivity contribution in [2.24, 2.45) is 0 Å². The molecule has 5 nitrogen and oxygen atoms in total. The van der Waals surface area contributed by atoms with Gasteiger partial charge in [-0.2, -0.15) is 0 Å². The average molecular weight is 408 g/mol. The highest BCUT2D eigenvalue weighted by Gasteiger charge is 2.15. The SMILES string of the molecule is CC(=O)Nc1ccc(Br)cc1NC(=O)c1cc2cc(Cl)ccc2o1. The summed E-state index contributed by atoms with van der Waals surface area (Å²) >= 11 is 9.28. The van der Waals surface area contributed by atoms with Crippen LogP contribution < -0.4 is 10.6 Å². The molecular weight excluding hydrogens is 396 g/mol. The van der Waals surface area contributed by atoms with Gasteiger partial charge in [0.15, 0.2) is 5.76 Å². The Labute approximate surface area is 151 Å². The lowest BCUT2D eigenvalue weighted by molar-refractivity contribution is -0.114. The third-order valence-electron chi connectivity index (χ3n) is 3.24. The van der Waals surface area contributed by atoms with Crippen molar-refractivity contribution in [2.75, 3.05) is 10.6 Å². The predicted molar refractivity (Wildman–Crippen MR) is 97.6 cm³/mol. The van der Waals surface area contributed by atoms with Crippen LogP contribution in [0, 0.1) is 0 Å². The van der Waals surface area contributed by atoms with E-state index in [2.05, 4.69) is 26.6 Å². The molecule has 1 heterocycles. The fraction of sp³-hybridized carbons (Fsp3) is 0.0588. The maximum Gasteiger partial charge on any atom is 0.291 e. The summed E-state index contributed by atoms with van der Waals surface area (Å²) in [6, 6.07) is 11.9. The van der Waals surface area contributed by atoms with E-state index in [0.717, 1.165) is 9.86 Å². The van der Waals surface area contributed by atoms with Gasteiger partial charge in [-0.15, -0.1) is 0 Å². The molecule has 2 N–H and O–H groups in total. The van der Waals surface area contributed by atoms with Crippen LogP contribution in [0.25, 0.3) is 11.0 Å². The number of amides is 2. The van der Waals surface area contributed by atoms with Gasteiger partial charge >= 0.3 is 0 Å². The zero-order chi connectivity index (χ0) is 17.3. The van der Waals surface area contributed by atoms with Crippen molar-refractivity contribution in [1.82, 2.24) is 0 Å². The molecule has 0 saturated carbocycles. The standard InChI is InChI=1S/C17H12BrClN2O3/c1-9(22)20-13-4-2-11(18)8-14(13)21-17(23)16-7-10-6-12(19)3-5-15(10)24-16/h2-8H,1H3,(H,20,22)(H,21,23). The minimum atomic E-state index is -0.424. The number of rotatable bonds is 3. The molecule has 0 unspecified atom stereocenters. The maximum atomic E-state index is 12.5. The first kappa shape index (κ1) is 16.5. The van der Waals surface area contributed by atoms with Gasteiger partial charge in [-0.1, -0.05) is 27.5 Å². The Balaban J connectivity index is 1.90. The lowest BCUT2D eigenvalue weighted by Crippen LogP contribution is -2.14. The number of hydrogen-bond donors (Lipinski definition) is 2. The Morgan fingerprint density at radius 3 is 2.58 bits per heavy atom. The lowest BCUT2D eigenvalue weighted by atomic mass is 10.2. The highest BCUT2D eigenvalue weighted by Crippen LogP contribution is 2.28. The summed E-state index contributed by atoms with van der Waals surface area (Å²) in [5.41, 5.74) is 1.53. The number of benzene rings is 2. The number of carbonyl (C=O) groups is 2. The van der Waals surface area contributed by atoms with Gasteiger partial charge in [0.2, 0.25) is 5.91 Å². The number of carbonyl (C=O) groups excluding carboxylic acids is 2. The van der Waals surface area contributed by atoms with Gasteiger partial charge < -0.3 is 15.1 Å². The largest absolute Gasteiger partial charge is 0.451 e. The summed E-state index contributed by atoms with van der Waals surface area (Å²) in [6.07, 6.45) is 0. The van der Waals surface area contributed by atoms with Crippen LogP contribution in [-0.4, -0.2) is 11.8 Å². The summed E-state index contributed by atoms with van der Waals surface area (Å²) in [5, 5.41) is 6.71. The first-order chi connectivity index (χ1) is 11.4. The Morgan fingerprint density at radius 2 is 1.83 bits per heavy atom. The molecule has 0 aliphatic heterocycles. The second-order valence-corrected chi connectivity index (χ2v) is 6.47. The molecule has 0 atom stereocenters. The van der Waals surface area contributed by atoms with Crippen LogP contribution in [0.1, 0.15) is 17.5 Å². The molecule has 0 fully saturated rings. The van der Waals surface area contributed by atoms with Crippen LogP contribution in [-0.2, 0) is 4.79 Å². The Bertz CT molecular complexity index is 952. The summed E-state index contributed by atoms with van der Waals surface area (Å²) in [5.74, 6) is -0.501. The summed E-state index contributed by atoms with van der Waals surface area (Å²) in [4.78, 5) is 23.7. The predicted octanol–water partition coefficient (Wildman–Crippen LogP) is 5.06. The second kappa shape index (κ2) is 6.67. The highest BCUT2D eigenvalue weighted by molar-refractivity contribution is 9.10. The van der Waals surface area contributed by atoms with Crippen LogP contribution >= 0.6 is 27.5 Å². The fourth-order valence-electron chi connectivity index (χ4n) is 2.23. The zero-order valence-electron chi connectivity index (χ0n) is 12.5. The molecule has 122 valence electrons. The van der Waals surface area contributed by atoms with Gasteiger partial charge in [0.25, 0.3) is 5.91 Å². The average Bonchev–Trinajstić information content (AvgIpc) is 2.92. The van der Waals surface area contributed by atoms with E-state index in [1.54, 1.807) is 42.5 Å². The smallest absolute Gasteiger partial charge is 0.291 e. The minimum absolute atomic E-state index is 0.154. The molecule has 2 amide bonds. The molecule has 1 aromatic heterocycles. The molecule has 0 bridgehead atoms. The van der Waals surface area contributed by atoms with Crippen LogP contribution in [0.5, 0.6) is 0 Å². The molecule has 0 spiro atoms. The molecule has 0 radical (unpaired) electrons. The number of hydrogen-bond acceptors (Lipinski definition) is 3. The molecule has 2 aromatic carbocycles. The first-order valence-corrected chi connectivity index (χ1v) is 8.17. The second-order valence-electron chi connectivity index (χ2n) is 5.12. The molecule has 0 aliphatic carbocycles. The minimum Gasteiger partial charge on any atom is -0.451 e. The van der Waals surface area contributed by atoms with Crippen LogP contribution in [0.15, 0.2) is 51.4 Å². The molecule has 7 heteroatoms. The first-order valence-electron chi connectivity index (χ1n) is 7.00. The normalized spacial score (nSPS) is 10.6. The number of fused-ring (bicyclic) bond motifs is 1. The summed E-state index contributed by atoms with van der Waals surface area (Å²) < 4.78 is 6.31. The van der Waals surface area contributed by atoms with Gasteiger partial charge in [0.1, 0.15) is 5.58 Å². The van der Waals surface area contributed by atoms with E-state index in [-0.39, 0.29) is 11.7 Å². The van der Waals surface area contributed by atoms with E-state index in [4.69, 9.17) is 16.0 Å². The third-order valence-corrected chi connectivity index (χ3v) is 3.97. The van der Waals surface area contributed by atoms with E-state index in [0.29, 0.717) is 22.0 Å². The van der Waals surface area contributed by atoms with Crippen LogP contribution in [0.4, 0.5) is 11.4 Å². The molecule has 3 rings (SSSR count). The molecule has 0 saturated heterocycles. The fourth-order valence-corrected chi connectivity index (χ4v) is 2.77. The Kier molecular flexibility index (Phi) is 4.59. The third kappa shape index (κ3) is 3.60. The molecule has 3 aromatic rings. The molecule has 0 aliphatic rings. The topological polar surface area (TPSA) is 71.3 Å². The van der Waals surface area contributed by atoms with E-state index < -0.39 is 5.91 Å². The van der Waals surface area contributed by atoms with Gasteiger partial charge in [-0.3, -0.25) is 9.59 Å². The van der Waals surface area contributed by atoms with E-state index in [1.165, 1.54) is 6.92 Å². The number of nitrogens with one attached hydrogen (secondary N) is 2. The van der Waals surface area contributed by atoms with E-state index in [1.807, 2.05) is 0 Å². The zero-order valence-corrected chi connectivity index (χ0v) is 14.9. The van der Waals surface area contributed by atoms with E-state index >= 15 is 0 Å². The van der Waals surface area contributed by atoms with Crippen molar-refractivity contribution in [3.8, 4) is 0 Å². The summed E-state index contributed by atoms with van der Waals surface area (Å²) in [6.45, 7) is 1.40. The summed E-state index contributed by atoms with van der Waals surface area (Å²) in [7, 11) is 0. The number of furan rings is 1. The van der Waals surface area contributed by atoms with Gasteiger partial charge in [-0.25, -0.2) is 0 Å². The van der Waals surface area contributed by atoms with E-state index in [9.17, 15) is 9.59 Å².